The first-order valence-corrected chi connectivity index (χ1v) is 5.60. The Labute approximate surface area is 98.0 Å². The minimum atomic E-state index is 0.231. The highest BCUT2D eigenvalue weighted by atomic mass is 35.5. The summed E-state index contributed by atoms with van der Waals surface area (Å²) in [4.78, 5) is 4.06. The van der Waals surface area contributed by atoms with E-state index in [1.807, 2.05) is 0 Å². The topological polar surface area (TPSA) is 68.0 Å². The van der Waals surface area contributed by atoms with Gasteiger partial charge in [0.25, 0.3) is 0 Å². The van der Waals surface area contributed by atoms with Crippen molar-refractivity contribution in [1.82, 2.24) is 25.0 Å². The van der Waals surface area contributed by atoms with Crippen LogP contribution >= 0.6 is 11.6 Å². The van der Waals surface area contributed by atoms with Crippen molar-refractivity contribution in [3.8, 4) is 0 Å². The normalized spacial score (nSPS) is 14.9. The molecule has 2 heterocycles. The molecule has 0 saturated heterocycles. The molecule has 0 aliphatic rings. The van der Waals surface area contributed by atoms with E-state index in [2.05, 4.69) is 39.7 Å². The summed E-state index contributed by atoms with van der Waals surface area (Å²) >= 11 is 5.81. The Morgan fingerprint density at radius 3 is 3.00 bits per heavy atom. The van der Waals surface area contributed by atoms with Gasteiger partial charge in [-0.2, -0.15) is 4.52 Å². The number of halogens is 1. The zero-order chi connectivity index (χ0) is 11.5. The average Bonchev–Trinajstić information content (AvgIpc) is 2.77. The van der Waals surface area contributed by atoms with Crippen molar-refractivity contribution in [2.24, 2.45) is 5.92 Å². The molecule has 0 bridgehead atoms. The molecule has 86 valence electrons. The standard InChI is InChI=1S/C9H13ClN6/c1-6(3-10)7(2)12-8-4-11-5-9-13-14-15-16(8)9/h4-7,12H,3H2,1-2H3. The first-order valence-electron chi connectivity index (χ1n) is 5.07. The number of fused-ring (bicyclic) bond motifs is 1. The molecule has 16 heavy (non-hydrogen) atoms. The Kier molecular flexibility index (Phi) is 3.19. The fourth-order valence-electron chi connectivity index (χ4n) is 1.28. The van der Waals surface area contributed by atoms with Gasteiger partial charge in [0.15, 0.2) is 11.5 Å². The van der Waals surface area contributed by atoms with E-state index in [1.165, 1.54) is 0 Å². The van der Waals surface area contributed by atoms with Gasteiger partial charge < -0.3 is 5.32 Å². The second kappa shape index (κ2) is 4.61. The number of aromatic nitrogens is 5. The molecule has 0 spiro atoms. The number of nitrogens with one attached hydrogen (secondary N) is 1. The third-order valence-corrected chi connectivity index (χ3v) is 3.07. The van der Waals surface area contributed by atoms with Gasteiger partial charge in [-0.25, -0.2) is 0 Å². The van der Waals surface area contributed by atoms with Crippen LogP contribution in [-0.4, -0.2) is 36.9 Å². The lowest BCUT2D eigenvalue weighted by molar-refractivity contribution is 0.561. The van der Waals surface area contributed by atoms with Crippen LogP contribution in [0.3, 0.4) is 0 Å². The van der Waals surface area contributed by atoms with Crippen molar-refractivity contribution in [1.29, 1.82) is 0 Å². The van der Waals surface area contributed by atoms with E-state index in [1.54, 1.807) is 16.9 Å². The van der Waals surface area contributed by atoms with Gasteiger partial charge in [0.05, 0.1) is 12.4 Å². The molecule has 0 aromatic carbocycles. The average molecular weight is 241 g/mol. The molecule has 2 aromatic heterocycles. The van der Waals surface area contributed by atoms with Gasteiger partial charge in [-0.15, -0.1) is 16.7 Å². The van der Waals surface area contributed by atoms with Crippen LogP contribution in [0.1, 0.15) is 13.8 Å². The molecule has 0 aliphatic heterocycles. The van der Waals surface area contributed by atoms with Crippen molar-refractivity contribution in [3.63, 3.8) is 0 Å². The first-order chi connectivity index (χ1) is 7.72. The van der Waals surface area contributed by atoms with E-state index < -0.39 is 0 Å². The first kappa shape index (κ1) is 11.1. The van der Waals surface area contributed by atoms with Gasteiger partial charge in [0, 0.05) is 11.9 Å². The smallest absolute Gasteiger partial charge is 0.199 e. The van der Waals surface area contributed by atoms with Crippen molar-refractivity contribution in [2.75, 3.05) is 11.2 Å². The van der Waals surface area contributed by atoms with Crippen LogP contribution in [0.15, 0.2) is 12.4 Å². The van der Waals surface area contributed by atoms with Gasteiger partial charge in [0.2, 0.25) is 0 Å². The third-order valence-electron chi connectivity index (χ3n) is 2.58. The molecule has 0 aliphatic carbocycles. The number of hydrogen-bond acceptors (Lipinski definition) is 5. The monoisotopic (exact) mass is 240 g/mol. The van der Waals surface area contributed by atoms with E-state index >= 15 is 0 Å². The fraction of sp³-hybridized carbons (Fsp3) is 0.556. The van der Waals surface area contributed by atoms with Crippen molar-refractivity contribution in [3.05, 3.63) is 12.4 Å². The quantitative estimate of drug-likeness (QED) is 0.814. The zero-order valence-corrected chi connectivity index (χ0v) is 9.89. The van der Waals surface area contributed by atoms with Gasteiger partial charge >= 0.3 is 0 Å². The Hall–Kier alpha value is -1.43. The number of rotatable bonds is 4. The molecule has 2 unspecified atom stereocenters. The minimum absolute atomic E-state index is 0.231. The number of nitrogens with zero attached hydrogens (tertiary/aromatic N) is 5. The lowest BCUT2D eigenvalue weighted by Crippen LogP contribution is -2.26. The van der Waals surface area contributed by atoms with Gasteiger partial charge in [-0.1, -0.05) is 6.92 Å². The molecule has 0 saturated carbocycles. The summed E-state index contributed by atoms with van der Waals surface area (Å²) in [5.74, 6) is 1.73. The van der Waals surface area contributed by atoms with Crippen LogP contribution in [0, 0.1) is 5.92 Å². The van der Waals surface area contributed by atoms with Crippen molar-refractivity contribution in [2.45, 2.75) is 19.9 Å². The molecule has 7 heteroatoms. The maximum Gasteiger partial charge on any atom is 0.199 e. The molecule has 2 aromatic rings. The molecule has 2 atom stereocenters. The summed E-state index contributed by atoms with van der Waals surface area (Å²) in [5, 5.41) is 14.6. The minimum Gasteiger partial charge on any atom is -0.366 e. The predicted molar refractivity (Wildman–Crippen MR) is 61.5 cm³/mol. The van der Waals surface area contributed by atoms with Crippen LogP contribution in [0.5, 0.6) is 0 Å². The fourth-order valence-corrected chi connectivity index (χ4v) is 1.55. The summed E-state index contributed by atoms with van der Waals surface area (Å²) < 4.78 is 1.62. The largest absolute Gasteiger partial charge is 0.366 e. The van der Waals surface area contributed by atoms with Crippen molar-refractivity contribution < 1.29 is 0 Å². The second-order valence-corrected chi connectivity index (χ2v) is 4.11. The van der Waals surface area contributed by atoms with E-state index in [0.717, 1.165) is 5.82 Å². The lowest BCUT2D eigenvalue weighted by atomic mass is 10.1. The highest BCUT2D eigenvalue weighted by molar-refractivity contribution is 6.18. The van der Waals surface area contributed by atoms with Crippen LogP contribution in [-0.2, 0) is 0 Å². The summed E-state index contributed by atoms with van der Waals surface area (Å²) in [6.45, 7) is 4.15. The molecule has 6 nitrogen and oxygen atoms in total. The molecule has 0 amide bonds. The Morgan fingerprint density at radius 2 is 2.25 bits per heavy atom. The molecule has 1 N–H and O–H groups in total. The molecular formula is C9H13ClN6. The number of anilines is 1. The number of hydrogen-bond donors (Lipinski definition) is 1. The maximum atomic E-state index is 5.81. The molecular weight excluding hydrogens is 228 g/mol. The molecule has 0 radical (unpaired) electrons. The van der Waals surface area contributed by atoms with E-state index in [-0.39, 0.29) is 6.04 Å². The third kappa shape index (κ3) is 2.06. The SMILES string of the molecule is CC(CCl)C(C)Nc1cncc2nnnn12. The summed E-state index contributed by atoms with van der Waals surface area (Å²) in [7, 11) is 0. The lowest BCUT2D eigenvalue weighted by Gasteiger charge is -2.19. The van der Waals surface area contributed by atoms with E-state index in [0.29, 0.717) is 17.4 Å². The Bertz CT molecular complexity index is 470. The predicted octanol–water partition coefficient (Wildman–Crippen LogP) is 1.19. The van der Waals surface area contributed by atoms with Crippen molar-refractivity contribution >= 4 is 23.1 Å². The van der Waals surface area contributed by atoms with Crippen LogP contribution in [0.2, 0.25) is 0 Å². The summed E-state index contributed by atoms with van der Waals surface area (Å²) in [5.41, 5.74) is 0.621. The van der Waals surface area contributed by atoms with Gasteiger partial charge in [-0.05, 0) is 23.3 Å². The maximum absolute atomic E-state index is 5.81. The molecule has 2 rings (SSSR count). The van der Waals surface area contributed by atoms with Crippen LogP contribution < -0.4 is 5.32 Å². The van der Waals surface area contributed by atoms with Crippen LogP contribution in [0.4, 0.5) is 5.82 Å². The number of tetrazole rings is 1. The molecule has 0 fully saturated rings. The Morgan fingerprint density at radius 1 is 1.44 bits per heavy atom. The Balaban J connectivity index is 2.23. The van der Waals surface area contributed by atoms with Gasteiger partial charge in [-0.3, -0.25) is 4.98 Å². The zero-order valence-electron chi connectivity index (χ0n) is 9.13. The number of alkyl halides is 1. The highest BCUT2D eigenvalue weighted by Crippen LogP contribution is 2.12. The second-order valence-electron chi connectivity index (χ2n) is 3.81. The summed E-state index contributed by atoms with van der Waals surface area (Å²) in [6, 6.07) is 0.231. The summed E-state index contributed by atoms with van der Waals surface area (Å²) in [6.07, 6.45) is 3.31. The van der Waals surface area contributed by atoms with Crippen LogP contribution in [0.25, 0.3) is 5.65 Å². The highest BCUT2D eigenvalue weighted by Gasteiger charge is 2.13. The van der Waals surface area contributed by atoms with E-state index in [4.69, 9.17) is 11.6 Å². The van der Waals surface area contributed by atoms with E-state index in [9.17, 15) is 0 Å². The van der Waals surface area contributed by atoms with Gasteiger partial charge in [0.1, 0.15) is 0 Å².